The Bertz CT molecular complexity index is 300. The number of nitrogens with zero attached hydrogens (tertiary/aromatic N) is 2. The molecule has 0 aliphatic heterocycles. The van der Waals surface area contributed by atoms with Crippen molar-refractivity contribution < 1.29 is 4.79 Å². The first-order chi connectivity index (χ1) is 7.81. The normalized spacial score (nSPS) is 9.00. The smallest absolute Gasteiger partial charge is 0.150 e. The molecule has 0 aromatic carbocycles. The van der Waals surface area contributed by atoms with Gasteiger partial charge in [-0.15, -0.1) is 0 Å². The highest BCUT2D eigenvalue weighted by molar-refractivity contribution is 5.76. The number of rotatable bonds is 5. The molecule has 0 spiro atoms. The van der Waals surface area contributed by atoms with E-state index in [2.05, 4.69) is 23.7 Å². The monoisotopic (exact) mass is 222 g/mol. The number of hydrogen-bond acceptors (Lipinski definition) is 3. The van der Waals surface area contributed by atoms with E-state index in [4.69, 9.17) is 0 Å². The lowest BCUT2D eigenvalue weighted by Gasteiger charge is -2.20. The molecule has 0 fully saturated rings. The van der Waals surface area contributed by atoms with E-state index in [9.17, 15) is 4.79 Å². The summed E-state index contributed by atoms with van der Waals surface area (Å²) in [6, 6.07) is 3.54. The summed E-state index contributed by atoms with van der Waals surface area (Å²) in [6.07, 6.45) is 3.61. The first-order valence-electron chi connectivity index (χ1n) is 5.98. The molecule has 3 nitrogen and oxygen atoms in total. The lowest BCUT2D eigenvalue weighted by molar-refractivity contribution is 0.112. The van der Waals surface area contributed by atoms with E-state index >= 15 is 0 Å². The largest absolute Gasteiger partial charge is 0.357 e. The summed E-state index contributed by atoms with van der Waals surface area (Å²) >= 11 is 0. The molecular weight excluding hydrogens is 200 g/mol. The summed E-state index contributed by atoms with van der Waals surface area (Å²) in [6.45, 7) is 10.1. The van der Waals surface area contributed by atoms with E-state index in [0.29, 0.717) is 5.56 Å². The van der Waals surface area contributed by atoms with Crippen LogP contribution in [0.1, 0.15) is 44.5 Å². The minimum Gasteiger partial charge on any atom is -0.357 e. The van der Waals surface area contributed by atoms with Gasteiger partial charge in [-0.2, -0.15) is 0 Å². The Kier molecular flexibility index (Phi) is 8.12. The first-order valence-corrected chi connectivity index (χ1v) is 5.98. The van der Waals surface area contributed by atoms with Gasteiger partial charge in [-0.1, -0.05) is 20.8 Å². The summed E-state index contributed by atoms with van der Waals surface area (Å²) < 4.78 is 0. The molecule has 0 aliphatic rings. The molecule has 1 heterocycles. The van der Waals surface area contributed by atoms with Crippen LogP contribution < -0.4 is 4.90 Å². The molecule has 0 bridgehead atoms. The lowest BCUT2D eigenvalue weighted by Crippen LogP contribution is -2.24. The average Bonchev–Trinajstić information content (AvgIpc) is 2.38. The van der Waals surface area contributed by atoms with Crippen molar-refractivity contribution in [3.8, 4) is 0 Å². The second-order valence-corrected chi connectivity index (χ2v) is 3.14. The van der Waals surface area contributed by atoms with Gasteiger partial charge in [-0.3, -0.25) is 4.79 Å². The molecule has 0 atom stereocenters. The molecule has 0 N–H and O–H groups in total. The average molecular weight is 222 g/mol. The standard InChI is InChI=1S/C11H16N2O.C2H6/c1-3-7-13(4-2)11-8-10(9-14)5-6-12-11;1-2/h5-6,8-9H,3-4,7H2,1-2H3;1-2H3. The van der Waals surface area contributed by atoms with Crippen molar-refractivity contribution in [1.82, 2.24) is 4.98 Å². The zero-order valence-corrected chi connectivity index (χ0v) is 10.7. The lowest BCUT2D eigenvalue weighted by atomic mass is 10.2. The fourth-order valence-electron chi connectivity index (χ4n) is 1.38. The molecule has 3 heteroatoms. The fourth-order valence-corrected chi connectivity index (χ4v) is 1.38. The fraction of sp³-hybridized carbons (Fsp3) is 0.538. The van der Waals surface area contributed by atoms with Crippen molar-refractivity contribution in [2.24, 2.45) is 0 Å². The summed E-state index contributed by atoms with van der Waals surface area (Å²) in [4.78, 5) is 17.0. The molecule has 1 rings (SSSR count). The molecule has 0 radical (unpaired) electrons. The van der Waals surface area contributed by atoms with Gasteiger partial charge in [-0.05, 0) is 25.5 Å². The van der Waals surface area contributed by atoms with Crippen LogP contribution in [0.5, 0.6) is 0 Å². The highest BCUT2D eigenvalue weighted by Crippen LogP contribution is 2.11. The van der Waals surface area contributed by atoms with Crippen LogP contribution in [-0.2, 0) is 0 Å². The quantitative estimate of drug-likeness (QED) is 0.717. The topological polar surface area (TPSA) is 33.2 Å². The van der Waals surface area contributed by atoms with Crippen molar-refractivity contribution in [1.29, 1.82) is 0 Å². The summed E-state index contributed by atoms with van der Waals surface area (Å²) in [7, 11) is 0. The van der Waals surface area contributed by atoms with Gasteiger partial charge in [0, 0.05) is 24.8 Å². The second-order valence-electron chi connectivity index (χ2n) is 3.14. The predicted molar refractivity (Wildman–Crippen MR) is 69.2 cm³/mol. The van der Waals surface area contributed by atoms with Crippen LogP contribution in [-0.4, -0.2) is 24.4 Å². The van der Waals surface area contributed by atoms with Crippen LogP contribution in [0.15, 0.2) is 18.3 Å². The highest BCUT2D eigenvalue weighted by Gasteiger charge is 2.04. The van der Waals surface area contributed by atoms with E-state index in [0.717, 1.165) is 31.6 Å². The number of hydrogen-bond donors (Lipinski definition) is 0. The van der Waals surface area contributed by atoms with Crippen molar-refractivity contribution in [3.05, 3.63) is 23.9 Å². The molecule has 1 aromatic rings. The third kappa shape index (κ3) is 4.43. The van der Waals surface area contributed by atoms with E-state index in [1.807, 2.05) is 19.9 Å². The van der Waals surface area contributed by atoms with Crippen molar-refractivity contribution >= 4 is 12.1 Å². The van der Waals surface area contributed by atoms with E-state index < -0.39 is 0 Å². The van der Waals surface area contributed by atoms with E-state index in [1.165, 1.54) is 0 Å². The van der Waals surface area contributed by atoms with Gasteiger partial charge in [-0.25, -0.2) is 4.98 Å². The molecule has 0 unspecified atom stereocenters. The Balaban J connectivity index is 0.00000106. The molecule has 1 aromatic heterocycles. The Morgan fingerprint density at radius 1 is 1.38 bits per heavy atom. The maximum Gasteiger partial charge on any atom is 0.150 e. The summed E-state index contributed by atoms with van der Waals surface area (Å²) in [5.41, 5.74) is 0.685. The molecule has 90 valence electrons. The van der Waals surface area contributed by atoms with Crippen LogP contribution in [0.4, 0.5) is 5.82 Å². The molecule has 0 saturated carbocycles. The molecule has 0 saturated heterocycles. The molecule has 0 aliphatic carbocycles. The number of pyridine rings is 1. The summed E-state index contributed by atoms with van der Waals surface area (Å²) in [5, 5.41) is 0. The van der Waals surface area contributed by atoms with E-state index in [-0.39, 0.29) is 0 Å². The SMILES string of the molecule is CC.CCCN(CC)c1cc(C=O)ccn1. The number of carbonyl (C=O) groups is 1. The van der Waals surface area contributed by atoms with Crippen molar-refractivity contribution in [2.45, 2.75) is 34.1 Å². The molecule has 16 heavy (non-hydrogen) atoms. The van der Waals surface area contributed by atoms with Crippen LogP contribution in [0.25, 0.3) is 0 Å². The zero-order valence-electron chi connectivity index (χ0n) is 10.7. The minimum absolute atomic E-state index is 0.685. The van der Waals surface area contributed by atoms with Crippen molar-refractivity contribution in [3.63, 3.8) is 0 Å². The van der Waals surface area contributed by atoms with Gasteiger partial charge < -0.3 is 4.90 Å². The Morgan fingerprint density at radius 2 is 2.06 bits per heavy atom. The predicted octanol–water partition coefficient (Wildman–Crippen LogP) is 3.16. The number of anilines is 1. The minimum atomic E-state index is 0.685. The third-order valence-electron chi connectivity index (χ3n) is 2.10. The van der Waals surface area contributed by atoms with Crippen LogP contribution in [0.3, 0.4) is 0 Å². The maximum absolute atomic E-state index is 10.6. The number of carbonyl (C=O) groups excluding carboxylic acids is 1. The van der Waals surface area contributed by atoms with Gasteiger partial charge in [0.25, 0.3) is 0 Å². The Morgan fingerprint density at radius 3 is 2.56 bits per heavy atom. The molecule has 0 amide bonds. The van der Waals surface area contributed by atoms with Gasteiger partial charge >= 0.3 is 0 Å². The van der Waals surface area contributed by atoms with Crippen LogP contribution in [0, 0.1) is 0 Å². The first kappa shape index (κ1) is 14.6. The summed E-state index contributed by atoms with van der Waals surface area (Å²) in [5.74, 6) is 0.888. The zero-order chi connectivity index (χ0) is 12.4. The number of aromatic nitrogens is 1. The van der Waals surface area contributed by atoms with Gasteiger partial charge in [0.05, 0.1) is 0 Å². The Hall–Kier alpha value is -1.38. The number of aldehydes is 1. The van der Waals surface area contributed by atoms with E-state index in [1.54, 1.807) is 12.3 Å². The van der Waals surface area contributed by atoms with Gasteiger partial charge in [0.1, 0.15) is 12.1 Å². The van der Waals surface area contributed by atoms with Gasteiger partial charge in [0.15, 0.2) is 0 Å². The maximum atomic E-state index is 10.6. The Labute approximate surface area is 98.5 Å². The van der Waals surface area contributed by atoms with Crippen LogP contribution in [0.2, 0.25) is 0 Å². The highest BCUT2D eigenvalue weighted by atomic mass is 16.1. The molecular formula is C13H22N2O. The third-order valence-corrected chi connectivity index (χ3v) is 2.10. The van der Waals surface area contributed by atoms with Crippen LogP contribution >= 0.6 is 0 Å². The second kappa shape index (κ2) is 8.89. The van der Waals surface area contributed by atoms with Crippen molar-refractivity contribution in [2.75, 3.05) is 18.0 Å². The van der Waals surface area contributed by atoms with Gasteiger partial charge in [0.2, 0.25) is 0 Å².